The standard InChI is InChI=1S/C15H9ClF2N2S/c16-13(9-4-2-1-3-5-9)15-20-19-14(21-15)11-8-10(17)6-7-12(11)18/h1-8,13H. The molecule has 21 heavy (non-hydrogen) atoms. The van der Waals surface area contributed by atoms with Gasteiger partial charge in [0, 0.05) is 0 Å². The van der Waals surface area contributed by atoms with Crippen molar-refractivity contribution < 1.29 is 8.78 Å². The van der Waals surface area contributed by atoms with E-state index < -0.39 is 17.0 Å². The van der Waals surface area contributed by atoms with Crippen molar-refractivity contribution in [3.05, 3.63) is 70.7 Å². The Morgan fingerprint density at radius 2 is 1.76 bits per heavy atom. The van der Waals surface area contributed by atoms with E-state index in [2.05, 4.69) is 10.2 Å². The second kappa shape index (κ2) is 5.87. The van der Waals surface area contributed by atoms with Crippen LogP contribution in [0.4, 0.5) is 8.78 Å². The molecule has 2 nitrogen and oxygen atoms in total. The monoisotopic (exact) mass is 322 g/mol. The van der Waals surface area contributed by atoms with Gasteiger partial charge in [-0.3, -0.25) is 0 Å². The lowest BCUT2D eigenvalue weighted by Gasteiger charge is -2.04. The van der Waals surface area contributed by atoms with E-state index in [0.29, 0.717) is 10.0 Å². The quantitative estimate of drug-likeness (QED) is 0.647. The zero-order chi connectivity index (χ0) is 14.8. The molecule has 0 aliphatic carbocycles. The molecule has 0 N–H and O–H groups in total. The molecular formula is C15H9ClF2N2S. The Bertz CT molecular complexity index is 761. The smallest absolute Gasteiger partial charge is 0.150 e. The summed E-state index contributed by atoms with van der Waals surface area (Å²) in [5.74, 6) is -1.06. The molecule has 0 amide bonds. The first-order chi connectivity index (χ1) is 10.1. The van der Waals surface area contributed by atoms with Gasteiger partial charge in [0.25, 0.3) is 0 Å². The molecule has 1 aromatic heterocycles. The van der Waals surface area contributed by atoms with Gasteiger partial charge in [-0.25, -0.2) is 8.78 Å². The van der Waals surface area contributed by atoms with Crippen molar-refractivity contribution in [3.8, 4) is 10.6 Å². The predicted octanol–water partition coefficient (Wildman–Crippen LogP) is 4.81. The van der Waals surface area contributed by atoms with Crippen LogP contribution in [0.2, 0.25) is 0 Å². The van der Waals surface area contributed by atoms with Crippen LogP contribution in [-0.2, 0) is 0 Å². The van der Waals surface area contributed by atoms with Crippen molar-refractivity contribution >= 4 is 22.9 Å². The molecule has 1 unspecified atom stereocenters. The lowest BCUT2D eigenvalue weighted by molar-refractivity contribution is 0.603. The summed E-state index contributed by atoms with van der Waals surface area (Å²) < 4.78 is 27.0. The van der Waals surface area contributed by atoms with Gasteiger partial charge in [0.2, 0.25) is 0 Å². The molecule has 0 fully saturated rings. The SMILES string of the molecule is Fc1ccc(F)c(-c2nnc(C(Cl)c3ccccc3)s2)c1. The topological polar surface area (TPSA) is 25.8 Å². The number of halogens is 3. The minimum Gasteiger partial charge on any atom is -0.207 e. The Morgan fingerprint density at radius 3 is 2.52 bits per heavy atom. The number of benzene rings is 2. The van der Waals surface area contributed by atoms with Gasteiger partial charge in [0.15, 0.2) is 5.01 Å². The van der Waals surface area contributed by atoms with Crippen molar-refractivity contribution in [2.75, 3.05) is 0 Å². The molecule has 0 bridgehead atoms. The Morgan fingerprint density at radius 1 is 1.00 bits per heavy atom. The lowest BCUT2D eigenvalue weighted by Crippen LogP contribution is -1.91. The number of rotatable bonds is 3. The van der Waals surface area contributed by atoms with Crippen molar-refractivity contribution in [1.82, 2.24) is 10.2 Å². The van der Waals surface area contributed by atoms with Crippen LogP contribution >= 0.6 is 22.9 Å². The molecule has 3 rings (SSSR count). The van der Waals surface area contributed by atoms with Gasteiger partial charge in [0.05, 0.1) is 5.56 Å². The highest BCUT2D eigenvalue weighted by Crippen LogP contribution is 2.34. The van der Waals surface area contributed by atoms with Crippen LogP contribution in [0.1, 0.15) is 15.9 Å². The molecule has 1 heterocycles. The maximum absolute atomic E-state index is 13.7. The summed E-state index contributed by atoms with van der Waals surface area (Å²) in [4.78, 5) is 0. The van der Waals surface area contributed by atoms with Crippen LogP contribution in [-0.4, -0.2) is 10.2 Å². The van der Waals surface area contributed by atoms with E-state index in [-0.39, 0.29) is 5.56 Å². The largest absolute Gasteiger partial charge is 0.207 e. The highest BCUT2D eigenvalue weighted by molar-refractivity contribution is 7.15. The van der Waals surface area contributed by atoms with E-state index >= 15 is 0 Å². The van der Waals surface area contributed by atoms with E-state index in [4.69, 9.17) is 11.6 Å². The number of alkyl halides is 1. The normalized spacial score (nSPS) is 12.3. The van der Waals surface area contributed by atoms with Crippen molar-refractivity contribution in [3.63, 3.8) is 0 Å². The first-order valence-electron chi connectivity index (χ1n) is 6.13. The first-order valence-corrected chi connectivity index (χ1v) is 7.38. The third-order valence-corrected chi connectivity index (χ3v) is 4.52. The third-order valence-electron chi connectivity index (χ3n) is 2.91. The zero-order valence-electron chi connectivity index (χ0n) is 10.6. The minimum atomic E-state index is -0.537. The van der Waals surface area contributed by atoms with Crippen LogP contribution in [0.25, 0.3) is 10.6 Å². The summed E-state index contributed by atoms with van der Waals surface area (Å²) in [5.41, 5.74) is 0.970. The molecule has 0 saturated carbocycles. The van der Waals surface area contributed by atoms with E-state index in [9.17, 15) is 8.78 Å². The zero-order valence-corrected chi connectivity index (χ0v) is 12.2. The summed E-state index contributed by atoms with van der Waals surface area (Å²) >= 11 is 7.49. The van der Waals surface area contributed by atoms with Crippen LogP contribution in [0.15, 0.2) is 48.5 Å². The summed E-state index contributed by atoms with van der Waals surface area (Å²) in [5, 5.41) is 8.29. The molecule has 0 spiro atoms. The first kappa shape index (κ1) is 14.1. The van der Waals surface area contributed by atoms with Gasteiger partial charge in [-0.1, -0.05) is 41.7 Å². The van der Waals surface area contributed by atoms with Crippen molar-refractivity contribution in [1.29, 1.82) is 0 Å². The average Bonchev–Trinajstić information content (AvgIpc) is 2.99. The molecule has 0 aliphatic heterocycles. The molecule has 3 aromatic rings. The fourth-order valence-corrected chi connectivity index (χ4v) is 3.06. The van der Waals surface area contributed by atoms with E-state index in [1.165, 1.54) is 0 Å². The second-order valence-corrected chi connectivity index (χ2v) is 5.79. The molecule has 6 heteroatoms. The van der Waals surface area contributed by atoms with Crippen LogP contribution in [0, 0.1) is 11.6 Å². The minimum absolute atomic E-state index is 0.0932. The van der Waals surface area contributed by atoms with E-state index in [0.717, 1.165) is 35.1 Å². The third kappa shape index (κ3) is 2.94. The molecule has 0 radical (unpaired) electrons. The van der Waals surface area contributed by atoms with Gasteiger partial charge in [0.1, 0.15) is 22.0 Å². The highest BCUT2D eigenvalue weighted by Gasteiger charge is 2.18. The van der Waals surface area contributed by atoms with Crippen LogP contribution in [0.3, 0.4) is 0 Å². The molecule has 1 atom stereocenters. The fraction of sp³-hybridized carbons (Fsp3) is 0.0667. The lowest BCUT2D eigenvalue weighted by atomic mass is 10.1. The number of aromatic nitrogens is 2. The van der Waals surface area contributed by atoms with E-state index in [1.54, 1.807) is 0 Å². The summed E-state index contributed by atoms with van der Waals surface area (Å²) in [6.07, 6.45) is 0. The van der Waals surface area contributed by atoms with Crippen molar-refractivity contribution in [2.45, 2.75) is 5.38 Å². The molecule has 0 aliphatic rings. The fourth-order valence-electron chi connectivity index (χ4n) is 1.87. The molecule has 106 valence electrons. The summed E-state index contributed by atoms with van der Waals surface area (Å²) in [6, 6.07) is 12.6. The number of hydrogen-bond donors (Lipinski definition) is 0. The molecule has 2 aromatic carbocycles. The molecule has 0 saturated heterocycles. The van der Waals surface area contributed by atoms with Crippen molar-refractivity contribution in [2.24, 2.45) is 0 Å². The maximum atomic E-state index is 13.7. The predicted molar refractivity (Wildman–Crippen MR) is 79.4 cm³/mol. The van der Waals surface area contributed by atoms with E-state index in [1.807, 2.05) is 30.3 Å². The van der Waals surface area contributed by atoms with Gasteiger partial charge in [-0.15, -0.1) is 21.8 Å². The van der Waals surface area contributed by atoms with Gasteiger partial charge >= 0.3 is 0 Å². The Balaban J connectivity index is 1.95. The van der Waals surface area contributed by atoms with Crippen LogP contribution < -0.4 is 0 Å². The number of hydrogen-bond acceptors (Lipinski definition) is 3. The Kier molecular flexibility index (Phi) is 3.94. The summed E-state index contributed by atoms with van der Waals surface area (Å²) in [7, 11) is 0. The maximum Gasteiger partial charge on any atom is 0.150 e. The van der Waals surface area contributed by atoms with Gasteiger partial charge in [-0.05, 0) is 23.8 Å². The summed E-state index contributed by atoms with van der Waals surface area (Å²) in [6.45, 7) is 0. The molecular weight excluding hydrogens is 314 g/mol. The second-order valence-electron chi connectivity index (χ2n) is 4.34. The van der Waals surface area contributed by atoms with Gasteiger partial charge in [-0.2, -0.15) is 0 Å². The number of nitrogens with zero attached hydrogens (tertiary/aromatic N) is 2. The Hall–Kier alpha value is -1.85. The highest BCUT2D eigenvalue weighted by atomic mass is 35.5. The Labute approximate surface area is 129 Å². The van der Waals surface area contributed by atoms with Gasteiger partial charge < -0.3 is 0 Å². The average molecular weight is 323 g/mol. The van der Waals surface area contributed by atoms with Crippen LogP contribution in [0.5, 0.6) is 0 Å².